The molecule has 0 aliphatic carbocycles. The van der Waals surface area contributed by atoms with Gasteiger partial charge in [0.1, 0.15) is 0 Å². The van der Waals surface area contributed by atoms with Crippen molar-refractivity contribution >= 4 is 29.4 Å². The summed E-state index contributed by atoms with van der Waals surface area (Å²) in [5.41, 5.74) is 4.77. The summed E-state index contributed by atoms with van der Waals surface area (Å²) in [6, 6.07) is 5.19. The maximum atomic E-state index is 12.2. The molecule has 8 heteroatoms. The molecule has 156 valence electrons. The van der Waals surface area contributed by atoms with Gasteiger partial charge in [0, 0.05) is 18.0 Å². The molecule has 2 N–H and O–H groups in total. The Morgan fingerprint density at radius 3 is 2.76 bits per heavy atom. The van der Waals surface area contributed by atoms with Crippen molar-refractivity contribution < 1.29 is 14.3 Å². The maximum absolute atomic E-state index is 12.2. The van der Waals surface area contributed by atoms with E-state index in [-0.39, 0.29) is 17.8 Å². The Labute approximate surface area is 175 Å². The molecule has 1 saturated heterocycles. The standard InChI is InChI=1S/C21H28N4O3S/c1-13-7-8-18(14(2)10-13)23-20(27)24-19(26)12-29-21-22-15(3)16(4)25(21)11-17-6-5-9-28-17/h7-8,10,17H,5-6,9,11-12H2,1-4H3,(H2,23,24,26,27). The molecule has 7 nitrogen and oxygen atoms in total. The minimum absolute atomic E-state index is 0.113. The van der Waals surface area contributed by atoms with Gasteiger partial charge >= 0.3 is 6.03 Å². The minimum Gasteiger partial charge on any atom is -0.376 e. The van der Waals surface area contributed by atoms with Crippen LogP contribution in [-0.4, -0.2) is 40.0 Å². The molecular weight excluding hydrogens is 388 g/mol. The van der Waals surface area contributed by atoms with Gasteiger partial charge in [-0.2, -0.15) is 0 Å². The van der Waals surface area contributed by atoms with Crippen molar-refractivity contribution in [1.82, 2.24) is 14.9 Å². The van der Waals surface area contributed by atoms with E-state index in [1.54, 1.807) is 0 Å². The SMILES string of the molecule is Cc1ccc(NC(=O)NC(=O)CSc2nc(C)c(C)n2CC2CCCO2)c(C)c1. The summed E-state index contributed by atoms with van der Waals surface area (Å²) in [7, 11) is 0. The molecule has 1 aliphatic heterocycles. The van der Waals surface area contributed by atoms with E-state index in [0.717, 1.165) is 53.7 Å². The predicted octanol–water partition coefficient (Wildman–Crippen LogP) is 3.74. The maximum Gasteiger partial charge on any atom is 0.325 e. The summed E-state index contributed by atoms with van der Waals surface area (Å²) in [6.45, 7) is 9.44. The highest BCUT2D eigenvalue weighted by Crippen LogP contribution is 2.24. The summed E-state index contributed by atoms with van der Waals surface area (Å²) >= 11 is 1.33. The van der Waals surface area contributed by atoms with Gasteiger partial charge in [0.15, 0.2) is 5.16 Å². The molecular formula is C21H28N4O3S. The number of nitrogens with one attached hydrogen (secondary N) is 2. The number of carbonyl (C=O) groups is 2. The highest BCUT2D eigenvalue weighted by atomic mass is 32.2. The Balaban J connectivity index is 1.55. The fourth-order valence-corrected chi connectivity index (χ4v) is 4.24. The number of amides is 3. The molecule has 1 aromatic carbocycles. The molecule has 29 heavy (non-hydrogen) atoms. The van der Waals surface area contributed by atoms with E-state index in [4.69, 9.17) is 4.74 Å². The molecule has 1 aliphatic rings. The molecule has 0 saturated carbocycles. The monoisotopic (exact) mass is 416 g/mol. The number of carbonyl (C=O) groups excluding carboxylic acids is 2. The summed E-state index contributed by atoms with van der Waals surface area (Å²) < 4.78 is 7.85. The summed E-state index contributed by atoms with van der Waals surface area (Å²) in [6.07, 6.45) is 2.32. The van der Waals surface area contributed by atoms with E-state index in [2.05, 4.69) is 20.2 Å². The van der Waals surface area contributed by atoms with Crippen molar-refractivity contribution in [1.29, 1.82) is 0 Å². The zero-order valence-electron chi connectivity index (χ0n) is 17.4. The van der Waals surface area contributed by atoms with E-state index < -0.39 is 6.03 Å². The fraction of sp³-hybridized carbons (Fsp3) is 0.476. The molecule has 0 radical (unpaired) electrons. The molecule has 2 heterocycles. The van der Waals surface area contributed by atoms with Gasteiger partial charge in [-0.25, -0.2) is 9.78 Å². The zero-order chi connectivity index (χ0) is 21.0. The second-order valence-corrected chi connectivity index (χ2v) is 8.36. The number of rotatable bonds is 6. The average Bonchev–Trinajstić information content (AvgIpc) is 3.26. The first-order valence-corrected chi connectivity index (χ1v) is 10.8. The third-order valence-corrected chi connectivity index (χ3v) is 6.02. The van der Waals surface area contributed by atoms with Crippen LogP contribution < -0.4 is 10.6 Å². The average molecular weight is 417 g/mol. The normalized spacial score (nSPS) is 16.1. The van der Waals surface area contributed by atoms with Crippen molar-refractivity contribution in [3.05, 3.63) is 40.7 Å². The second kappa shape index (κ2) is 9.45. The van der Waals surface area contributed by atoms with E-state index in [1.807, 2.05) is 45.9 Å². The number of thioether (sulfide) groups is 1. The summed E-state index contributed by atoms with van der Waals surface area (Å²) in [4.78, 5) is 29.0. The third-order valence-electron chi connectivity index (χ3n) is 5.05. The van der Waals surface area contributed by atoms with Crippen molar-refractivity contribution in [3.8, 4) is 0 Å². The predicted molar refractivity (Wildman–Crippen MR) is 114 cm³/mol. The van der Waals surface area contributed by atoms with E-state index >= 15 is 0 Å². The Bertz CT molecular complexity index is 904. The van der Waals surface area contributed by atoms with Crippen molar-refractivity contribution in [2.75, 3.05) is 17.7 Å². The van der Waals surface area contributed by atoms with Crippen LogP contribution in [0.5, 0.6) is 0 Å². The number of anilines is 1. The highest BCUT2D eigenvalue weighted by Gasteiger charge is 2.21. The van der Waals surface area contributed by atoms with Crippen molar-refractivity contribution in [2.24, 2.45) is 0 Å². The van der Waals surface area contributed by atoms with Gasteiger partial charge in [0.2, 0.25) is 5.91 Å². The van der Waals surface area contributed by atoms with Crippen molar-refractivity contribution in [3.63, 3.8) is 0 Å². The molecule has 1 fully saturated rings. The van der Waals surface area contributed by atoms with Crippen LogP contribution in [-0.2, 0) is 16.1 Å². The lowest BCUT2D eigenvalue weighted by Gasteiger charge is -2.14. The van der Waals surface area contributed by atoms with Gasteiger partial charge in [0.25, 0.3) is 0 Å². The Morgan fingerprint density at radius 1 is 1.28 bits per heavy atom. The van der Waals surface area contributed by atoms with Gasteiger partial charge in [0.05, 0.1) is 24.1 Å². The second-order valence-electron chi connectivity index (χ2n) is 7.42. The Kier molecular flexibility index (Phi) is 6.97. The van der Waals surface area contributed by atoms with E-state index in [1.165, 1.54) is 11.8 Å². The quantitative estimate of drug-likeness (QED) is 0.701. The van der Waals surface area contributed by atoms with Crippen LogP contribution in [0.1, 0.15) is 35.4 Å². The largest absolute Gasteiger partial charge is 0.376 e. The summed E-state index contributed by atoms with van der Waals surface area (Å²) in [5, 5.41) is 5.88. The topological polar surface area (TPSA) is 85.3 Å². The molecule has 1 atom stereocenters. The van der Waals surface area contributed by atoms with Crippen LogP contribution in [0.2, 0.25) is 0 Å². The van der Waals surface area contributed by atoms with Gasteiger partial charge in [-0.05, 0) is 52.2 Å². The number of hydrogen-bond donors (Lipinski definition) is 2. The molecule has 0 spiro atoms. The first-order valence-electron chi connectivity index (χ1n) is 9.79. The number of imidazole rings is 1. The molecule has 3 rings (SSSR count). The van der Waals surface area contributed by atoms with Crippen LogP contribution >= 0.6 is 11.8 Å². The van der Waals surface area contributed by atoms with Gasteiger partial charge in [-0.1, -0.05) is 29.5 Å². The number of benzene rings is 1. The number of ether oxygens (including phenoxy) is 1. The van der Waals surface area contributed by atoms with Crippen LogP contribution in [0, 0.1) is 27.7 Å². The molecule has 0 bridgehead atoms. The molecule has 1 aromatic heterocycles. The van der Waals surface area contributed by atoms with E-state index in [9.17, 15) is 9.59 Å². The highest BCUT2D eigenvalue weighted by molar-refractivity contribution is 7.99. The van der Waals surface area contributed by atoms with Crippen molar-refractivity contribution in [2.45, 2.75) is 58.3 Å². The lowest BCUT2D eigenvalue weighted by molar-refractivity contribution is -0.117. The molecule has 1 unspecified atom stereocenters. The summed E-state index contributed by atoms with van der Waals surface area (Å²) in [5.74, 6) is -0.249. The minimum atomic E-state index is -0.530. The number of nitrogens with zero attached hydrogens (tertiary/aromatic N) is 2. The van der Waals surface area contributed by atoms with Crippen LogP contribution in [0.25, 0.3) is 0 Å². The van der Waals surface area contributed by atoms with E-state index in [0.29, 0.717) is 5.69 Å². The number of urea groups is 1. The van der Waals surface area contributed by atoms with Gasteiger partial charge < -0.3 is 14.6 Å². The Morgan fingerprint density at radius 2 is 2.07 bits per heavy atom. The number of aryl methyl sites for hydroxylation is 3. The number of imide groups is 1. The first kappa shape index (κ1) is 21.4. The van der Waals surface area contributed by atoms with Gasteiger partial charge in [-0.15, -0.1) is 0 Å². The fourth-order valence-electron chi connectivity index (χ4n) is 3.34. The third kappa shape index (κ3) is 5.61. The van der Waals surface area contributed by atoms with Gasteiger partial charge in [-0.3, -0.25) is 10.1 Å². The first-order chi connectivity index (χ1) is 13.8. The van der Waals surface area contributed by atoms with Crippen LogP contribution in [0.15, 0.2) is 23.4 Å². The lowest BCUT2D eigenvalue weighted by atomic mass is 10.1. The number of aromatic nitrogens is 2. The smallest absolute Gasteiger partial charge is 0.325 e. The lowest BCUT2D eigenvalue weighted by Crippen LogP contribution is -2.35. The number of hydrogen-bond acceptors (Lipinski definition) is 5. The van der Waals surface area contributed by atoms with Crippen LogP contribution in [0.4, 0.5) is 10.5 Å². The Hall–Kier alpha value is -2.32. The van der Waals surface area contributed by atoms with Crippen LogP contribution in [0.3, 0.4) is 0 Å². The zero-order valence-corrected chi connectivity index (χ0v) is 18.2. The molecule has 3 amide bonds. The molecule has 2 aromatic rings.